The van der Waals surface area contributed by atoms with Gasteiger partial charge in [-0.1, -0.05) is 6.92 Å². The number of esters is 1. The zero-order chi connectivity index (χ0) is 11.8. The number of aromatic nitrogens is 1. The summed E-state index contributed by atoms with van der Waals surface area (Å²) in [5, 5.41) is 2.99. The Balaban J connectivity index is 2.44. The van der Waals surface area contributed by atoms with E-state index in [4.69, 9.17) is 4.74 Å². The third-order valence-electron chi connectivity index (χ3n) is 2.04. The lowest BCUT2D eigenvalue weighted by Gasteiger charge is -2.18. The van der Waals surface area contributed by atoms with Gasteiger partial charge in [0.15, 0.2) is 0 Å². The fourth-order valence-electron chi connectivity index (χ4n) is 1.44. The van der Waals surface area contributed by atoms with Crippen molar-refractivity contribution in [2.75, 3.05) is 19.7 Å². The molecule has 0 unspecified atom stereocenters. The largest absolute Gasteiger partial charge is 0.465 e. The lowest BCUT2D eigenvalue weighted by molar-refractivity contribution is -0.144. The lowest BCUT2D eigenvalue weighted by atomic mass is 10.4. The first-order chi connectivity index (χ1) is 7.76. The Morgan fingerprint density at radius 1 is 1.56 bits per heavy atom. The van der Waals surface area contributed by atoms with Gasteiger partial charge in [0.05, 0.1) is 19.7 Å². The van der Waals surface area contributed by atoms with Gasteiger partial charge in [0.1, 0.15) is 5.01 Å². The lowest BCUT2D eigenvalue weighted by Crippen LogP contribution is -2.31. The van der Waals surface area contributed by atoms with Crippen LogP contribution in [0.2, 0.25) is 0 Å². The minimum Gasteiger partial charge on any atom is -0.465 e. The van der Waals surface area contributed by atoms with Crippen molar-refractivity contribution in [3.8, 4) is 0 Å². The van der Waals surface area contributed by atoms with Crippen LogP contribution >= 0.6 is 11.3 Å². The molecule has 0 radical (unpaired) electrons. The second-order valence-corrected chi connectivity index (χ2v) is 4.42. The Labute approximate surface area is 100 Å². The van der Waals surface area contributed by atoms with Gasteiger partial charge in [-0.15, -0.1) is 11.3 Å². The fourth-order valence-corrected chi connectivity index (χ4v) is 2.10. The van der Waals surface area contributed by atoms with Crippen LogP contribution in [0.15, 0.2) is 11.6 Å². The Morgan fingerprint density at radius 3 is 2.94 bits per heavy atom. The van der Waals surface area contributed by atoms with Crippen LogP contribution in [-0.2, 0) is 16.1 Å². The first kappa shape index (κ1) is 13.1. The molecule has 0 aliphatic heterocycles. The van der Waals surface area contributed by atoms with Crippen molar-refractivity contribution < 1.29 is 9.53 Å². The molecule has 1 heterocycles. The summed E-state index contributed by atoms with van der Waals surface area (Å²) in [5.74, 6) is -0.160. The molecule has 4 nitrogen and oxygen atoms in total. The molecule has 0 spiro atoms. The minimum absolute atomic E-state index is 0.160. The summed E-state index contributed by atoms with van der Waals surface area (Å²) in [6.07, 6.45) is 2.80. The van der Waals surface area contributed by atoms with Crippen molar-refractivity contribution in [2.45, 2.75) is 26.8 Å². The van der Waals surface area contributed by atoms with Gasteiger partial charge in [-0.05, 0) is 19.9 Å². The molecular weight excluding hydrogens is 224 g/mol. The van der Waals surface area contributed by atoms with E-state index in [0.29, 0.717) is 13.2 Å². The second kappa shape index (κ2) is 7.35. The molecule has 1 rings (SSSR count). The predicted octanol–water partition coefficient (Wildman–Crippen LogP) is 1.92. The molecule has 16 heavy (non-hydrogen) atoms. The average molecular weight is 242 g/mol. The number of thiazole rings is 1. The molecule has 1 aromatic heterocycles. The molecule has 5 heteroatoms. The van der Waals surface area contributed by atoms with Gasteiger partial charge in [-0.25, -0.2) is 4.98 Å². The van der Waals surface area contributed by atoms with Crippen LogP contribution in [0.3, 0.4) is 0 Å². The third kappa shape index (κ3) is 4.72. The summed E-state index contributed by atoms with van der Waals surface area (Å²) >= 11 is 1.61. The predicted molar refractivity (Wildman–Crippen MR) is 64.3 cm³/mol. The Hall–Kier alpha value is -0.940. The normalized spacial score (nSPS) is 10.7. The van der Waals surface area contributed by atoms with E-state index in [0.717, 1.165) is 24.5 Å². The number of carbonyl (C=O) groups excluding carboxylic acids is 1. The molecule has 90 valence electrons. The van der Waals surface area contributed by atoms with E-state index < -0.39 is 0 Å². The number of rotatable bonds is 7. The molecule has 0 fully saturated rings. The van der Waals surface area contributed by atoms with E-state index in [-0.39, 0.29) is 5.97 Å². The minimum atomic E-state index is -0.160. The molecule has 0 aromatic carbocycles. The second-order valence-electron chi connectivity index (χ2n) is 3.44. The molecular formula is C11H18N2O2S. The zero-order valence-corrected chi connectivity index (χ0v) is 10.6. The standard InChI is InChI=1S/C11H18N2O2S/c1-3-6-13(9-11(14)15-4-2)8-10-12-5-7-16-10/h5,7H,3-4,6,8-9H2,1-2H3. The summed E-state index contributed by atoms with van der Waals surface area (Å²) < 4.78 is 4.94. The Bertz CT molecular complexity index is 301. The van der Waals surface area contributed by atoms with Crippen LogP contribution in [0.4, 0.5) is 0 Å². The molecule has 0 aliphatic carbocycles. The molecule has 0 atom stereocenters. The fraction of sp³-hybridized carbons (Fsp3) is 0.636. The van der Waals surface area contributed by atoms with Crippen LogP contribution in [-0.4, -0.2) is 35.5 Å². The van der Waals surface area contributed by atoms with Gasteiger partial charge in [-0.3, -0.25) is 9.69 Å². The molecule has 0 aliphatic rings. The highest BCUT2D eigenvalue weighted by molar-refractivity contribution is 7.09. The van der Waals surface area contributed by atoms with Crippen LogP contribution in [0.5, 0.6) is 0 Å². The summed E-state index contributed by atoms with van der Waals surface area (Å²) in [7, 11) is 0. The number of hydrogen-bond donors (Lipinski definition) is 0. The topological polar surface area (TPSA) is 42.4 Å². The van der Waals surface area contributed by atoms with Gasteiger partial charge in [-0.2, -0.15) is 0 Å². The van der Waals surface area contributed by atoms with E-state index in [2.05, 4.69) is 16.8 Å². The van der Waals surface area contributed by atoms with Crippen LogP contribution < -0.4 is 0 Å². The maximum absolute atomic E-state index is 11.4. The van der Waals surface area contributed by atoms with Crippen LogP contribution in [0.1, 0.15) is 25.3 Å². The zero-order valence-electron chi connectivity index (χ0n) is 9.81. The van der Waals surface area contributed by atoms with Crippen molar-refractivity contribution in [1.82, 2.24) is 9.88 Å². The molecule has 0 saturated carbocycles. The Morgan fingerprint density at radius 2 is 2.38 bits per heavy atom. The quantitative estimate of drug-likeness (QED) is 0.685. The number of ether oxygens (including phenoxy) is 1. The van der Waals surface area contributed by atoms with Gasteiger partial charge >= 0.3 is 5.97 Å². The van der Waals surface area contributed by atoms with Gasteiger partial charge < -0.3 is 4.74 Å². The van der Waals surface area contributed by atoms with Crippen molar-refractivity contribution in [1.29, 1.82) is 0 Å². The van der Waals surface area contributed by atoms with Gasteiger partial charge in [0.25, 0.3) is 0 Å². The molecule has 0 amide bonds. The highest BCUT2D eigenvalue weighted by atomic mass is 32.1. The molecule has 0 N–H and O–H groups in total. The SMILES string of the molecule is CCCN(CC(=O)OCC)Cc1nccs1. The highest BCUT2D eigenvalue weighted by Gasteiger charge is 2.12. The van der Waals surface area contributed by atoms with Crippen molar-refractivity contribution >= 4 is 17.3 Å². The van der Waals surface area contributed by atoms with Gasteiger partial charge in [0.2, 0.25) is 0 Å². The molecule has 0 saturated heterocycles. The first-order valence-corrected chi connectivity index (χ1v) is 6.40. The average Bonchev–Trinajstić information content (AvgIpc) is 2.71. The van der Waals surface area contributed by atoms with E-state index in [9.17, 15) is 4.79 Å². The third-order valence-corrected chi connectivity index (χ3v) is 2.80. The van der Waals surface area contributed by atoms with E-state index in [1.807, 2.05) is 12.3 Å². The van der Waals surface area contributed by atoms with Crippen molar-refractivity contribution in [3.05, 3.63) is 16.6 Å². The summed E-state index contributed by atoms with van der Waals surface area (Å²) in [4.78, 5) is 17.7. The molecule has 1 aromatic rings. The monoisotopic (exact) mass is 242 g/mol. The smallest absolute Gasteiger partial charge is 0.320 e. The maximum atomic E-state index is 11.4. The summed E-state index contributed by atoms with van der Waals surface area (Å²) in [6, 6.07) is 0. The Kier molecular flexibility index (Phi) is 6.03. The van der Waals surface area contributed by atoms with Crippen LogP contribution in [0, 0.1) is 0 Å². The van der Waals surface area contributed by atoms with E-state index >= 15 is 0 Å². The summed E-state index contributed by atoms with van der Waals surface area (Å²) in [6.45, 7) is 6.32. The molecule has 0 bridgehead atoms. The first-order valence-electron chi connectivity index (χ1n) is 5.52. The number of carbonyl (C=O) groups is 1. The number of hydrogen-bond acceptors (Lipinski definition) is 5. The maximum Gasteiger partial charge on any atom is 0.320 e. The van der Waals surface area contributed by atoms with E-state index in [1.165, 1.54) is 0 Å². The van der Waals surface area contributed by atoms with Crippen molar-refractivity contribution in [2.24, 2.45) is 0 Å². The van der Waals surface area contributed by atoms with Crippen LogP contribution in [0.25, 0.3) is 0 Å². The summed E-state index contributed by atoms with van der Waals surface area (Å²) in [5.41, 5.74) is 0. The van der Waals surface area contributed by atoms with Crippen molar-refractivity contribution in [3.63, 3.8) is 0 Å². The highest BCUT2D eigenvalue weighted by Crippen LogP contribution is 2.08. The van der Waals surface area contributed by atoms with Gasteiger partial charge in [0, 0.05) is 11.6 Å². The number of nitrogens with zero attached hydrogens (tertiary/aromatic N) is 2. The van der Waals surface area contributed by atoms with E-state index in [1.54, 1.807) is 17.5 Å².